The molecule has 2 rings (SSSR count). The van der Waals surface area contributed by atoms with Gasteiger partial charge >= 0.3 is 0 Å². The van der Waals surface area contributed by atoms with Crippen LogP contribution in [0.1, 0.15) is 36.3 Å². The van der Waals surface area contributed by atoms with Gasteiger partial charge in [0.05, 0.1) is 18.7 Å². The molecular weight excluding hydrogens is 260 g/mol. The van der Waals surface area contributed by atoms with E-state index in [1.165, 1.54) is 11.3 Å². The average molecular weight is 278 g/mol. The average Bonchev–Trinajstić information content (AvgIpc) is 2.99. The van der Waals surface area contributed by atoms with Gasteiger partial charge in [-0.15, -0.1) is 11.3 Å². The van der Waals surface area contributed by atoms with Gasteiger partial charge in [-0.2, -0.15) is 0 Å². The molecule has 2 aromatic rings. The second-order valence-corrected chi connectivity index (χ2v) is 5.59. The van der Waals surface area contributed by atoms with Crippen LogP contribution in [0, 0.1) is 0 Å². The molecule has 0 aliphatic rings. The Labute approximate surface area is 116 Å². The molecule has 2 heterocycles. The zero-order valence-corrected chi connectivity index (χ0v) is 12.2. The maximum absolute atomic E-state index is 11.3. The summed E-state index contributed by atoms with van der Waals surface area (Å²) in [7, 11) is 1.64. The molecule has 102 valence electrons. The van der Waals surface area contributed by atoms with E-state index in [1.807, 2.05) is 17.8 Å². The maximum Gasteiger partial charge on any atom is 0.226 e. The number of hydrogen-bond donors (Lipinski definition) is 1. The number of carbonyl (C=O) groups is 1. The van der Waals surface area contributed by atoms with Crippen molar-refractivity contribution in [3.63, 3.8) is 0 Å². The number of imidazole rings is 1. The Morgan fingerprint density at radius 3 is 3.00 bits per heavy atom. The van der Waals surface area contributed by atoms with Crippen LogP contribution < -0.4 is 5.32 Å². The molecule has 0 fully saturated rings. The third kappa shape index (κ3) is 3.41. The van der Waals surface area contributed by atoms with Crippen molar-refractivity contribution in [2.24, 2.45) is 0 Å². The highest BCUT2D eigenvalue weighted by molar-refractivity contribution is 7.09. The second-order valence-electron chi connectivity index (χ2n) is 4.65. The predicted octanol–water partition coefficient (Wildman–Crippen LogP) is 1.80. The molecule has 0 aromatic carbocycles. The van der Waals surface area contributed by atoms with E-state index in [0.29, 0.717) is 18.9 Å². The van der Waals surface area contributed by atoms with Gasteiger partial charge < -0.3 is 9.88 Å². The highest BCUT2D eigenvalue weighted by atomic mass is 32.1. The van der Waals surface area contributed by atoms with Crippen LogP contribution in [0.5, 0.6) is 0 Å². The van der Waals surface area contributed by atoms with Gasteiger partial charge in [0.25, 0.3) is 0 Å². The van der Waals surface area contributed by atoms with Gasteiger partial charge in [-0.05, 0) is 0 Å². The molecule has 0 unspecified atom stereocenters. The molecule has 0 saturated heterocycles. The quantitative estimate of drug-likeness (QED) is 0.907. The van der Waals surface area contributed by atoms with Gasteiger partial charge in [0.1, 0.15) is 10.8 Å². The van der Waals surface area contributed by atoms with E-state index < -0.39 is 0 Å². The summed E-state index contributed by atoms with van der Waals surface area (Å²) >= 11 is 1.52. The Morgan fingerprint density at radius 1 is 1.53 bits per heavy atom. The Bertz CT molecular complexity index is 558. The van der Waals surface area contributed by atoms with Crippen molar-refractivity contribution in [3.8, 4) is 0 Å². The summed E-state index contributed by atoms with van der Waals surface area (Å²) in [5.74, 6) is 1.44. The van der Waals surface area contributed by atoms with Crippen molar-refractivity contribution in [2.45, 2.75) is 32.7 Å². The normalized spacial score (nSPS) is 10.9. The monoisotopic (exact) mass is 278 g/mol. The van der Waals surface area contributed by atoms with Crippen molar-refractivity contribution in [2.75, 3.05) is 7.05 Å². The molecule has 0 saturated carbocycles. The number of amides is 1. The lowest BCUT2D eigenvalue weighted by Crippen LogP contribution is -2.19. The summed E-state index contributed by atoms with van der Waals surface area (Å²) in [6.07, 6.45) is 4.13. The fourth-order valence-electron chi connectivity index (χ4n) is 1.86. The van der Waals surface area contributed by atoms with E-state index in [2.05, 4.69) is 33.7 Å². The Kier molecular flexibility index (Phi) is 4.31. The zero-order chi connectivity index (χ0) is 13.8. The minimum Gasteiger partial charge on any atom is -0.359 e. The molecule has 0 spiro atoms. The minimum atomic E-state index is -0.00796. The van der Waals surface area contributed by atoms with Crippen molar-refractivity contribution in [1.82, 2.24) is 19.9 Å². The van der Waals surface area contributed by atoms with Gasteiger partial charge in [-0.3, -0.25) is 4.79 Å². The van der Waals surface area contributed by atoms with Crippen LogP contribution in [0.3, 0.4) is 0 Å². The van der Waals surface area contributed by atoms with Crippen molar-refractivity contribution in [1.29, 1.82) is 0 Å². The van der Waals surface area contributed by atoms with E-state index >= 15 is 0 Å². The first-order valence-electron chi connectivity index (χ1n) is 6.25. The minimum absolute atomic E-state index is 0.00796. The van der Waals surface area contributed by atoms with Crippen LogP contribution in [0.15, 0.2) is 17.8 Å². The molecular formula is C13H18N4OS. The SMILES string of the molecule is CNC(=O)Cc1nc(Cn2ccnc2C(C)C)cs1. The molecule has 5 nitrogen and oxygen atoms in total. The summed E-state index contributed by atoms with van der Waals surface area (Å²) in [6.45, 7) is 4.95. The largest absolute Gasteiger partial charge is 0.359 e. The predicted molar refractivity (Wildman–Crippen MR) is 75.3 cm³/mol. The molecule has 1 N–H and O–H groups in total. The summed E-state index contributed by atoms with van der Waals surface area (Å²) in [4.78, 5) is 20.1. The van der Waals surface area contributed by atoms with E-state index in [0.717, 1.165) is 16.5 Å². The first kappa shape index (κ1) is 13.7. The first-order chi connectivity index (χ1) is 9.10. The zero-order valence-electron chi connectivity index (χ0n) is 11.4. The van der Waals surface area contributed by atoms with Crippen LogP contribution in [0.2, 0.25) is 0 Å². The number of likely N-dealkylation sites (N-methyl/N-ethyl adjacent to an activating group) is 1. The Balaban J connectivity index is 2.07. The van der Waals surface area contributed by atoms with Crippen LogP contribution >= 0.6 is 11.3 Å². The molecule has 0 aliphatic carbocycles. The molecule has 0 radical (unpaired) electrons. The van der Waals surface area contributed by atoms with Crippen LogP contribution in [0.25, 0.3) is 0 Å². The topological polar surface area (TPSA) is 59.8 Å². The number of nitrogens with zero attached hydrogens (tertiary/aromatic N) is 3. The number of carbonyl (C=O) groups excluding carboxylic acids is 1. The lowest BCUT2D eigenvalue weighted by atomic mass is 10.2. The van der Waals surface area contributed by atoms with Gasteiger partial charge in [0.2, 0.25) is 5.91 Å². The standard InChI is InChI=1S/C13H18N4OS/c1-9(2)13-15-4-5-17(13)7-10-8-19-12(16-10)6-11(18)14-3/h4-5,8-9H,6-7H2,1-3H3,(H,14,18). The van der Waals surface area contributed by atoms with Gasteiger partial charge in [-0.1, -0.05) is 13.8 Å². The highest BCUT2D eigenvalue weighted by Crippen LogP contribution is 2.16. The fourth-order valence-corrected chi connectivity index (χ4v) is 2.64. The lowest BCUT2D eigenvalue weighted by Gasteiger charge is -2.08. The number of nitrogens with one attached hydrogen (secondary N) is 1. The molecule has 0 atom stereocenters. The molecule has 0 bridgehead atoms. The summed E-state index contributed by atoms with van der Waals surface area (Å²) in [6, 6.07) is 0. The fraction of sp³-hybridized carbons (Fsp3) is 0.462. The molecule has 6 heteroatoms. The molecule has 19 heavy (non-hydrogen) atoms. The van der Waals surface area contributed by atoms with E-state index in [9.17, 15) is 4.79 Å². The Morgan fingerprint density at radius 2 is 2.32 bits per heavy atom. The number of thiazole rings is 1. The summed E-state index contributed by atoms with van der Waals surface area (Å²) < 4.78 is 2.10. The van der Waals surface area contributed by atoms with Gasteiger partial charge in [0, 0.05) is 30.7 Å². The van der Waals surface area contributed by atoms with E-state index in [-0.39, 0.29) is 5.91 Å². The van der Waals surface area contributed by atoms with E-state index in [1.54, 1.807) is 7.05 Å². The molecule has 1 amide bonds. The van der Waals surface area contributed by atoms with Crippen molar-refractivity contribution in [3.05, 3.63) is 34.3 Å². The van der Waals surface area contributed by atoms with Crippen molar-refractivity contribution < 1.29 is 4.79 Å². The maximum atomic E-state index is 11.3. The van der Waals surface area contributed by atoms with Gasteiger partial charge in [0.15, 0.2) is 0 Å². The Hall–Kier alpha value is -1.69. The summed E-state index contributed by atoms with van der Waals surface area (Å²) in [5, 5.41) is 5.45. The number of rotatable bonds is 5. The van der Waals surface area contributed by atoms with Crippen LogP contribution in [0.4, 0.5) is 0 Å². The number of hydrogen-bond acceptors (Lipinski definition) is 4. The highest BCUT2D eigenvalue weighted by Gasteiger charge is 2.10. The third-order valence-corrected chi connectivity index (χ3v) is 3.68. The molecule has 0 aliphatic heterocycles. The second kappa shape index (κ2) is 5.97. The first-order valence-corrected chi connectivity index (χ1v) is 7.13. The van der Waals surface area contributed by atoms with Crippen LogP contribution in [-0.2, 0) is 17.8 Å². The third-order valence-electron chi connectivity index (χ3n) is 2.79. The number of aromatic nitrogens is 3. The molecule has 2 aromatic heterocycles. The summed E-state index contributed by atoms with van der Waals surface area (Å²) in [5.41, 5.74) is 0.976. The van der Waals surface area contributed by atoms with Crippen molar-refractivity contribution >= 4 is 17.2 Å². The smallest absolute Gasteiger partial charge is 0.226 e. The lowest BCUT2D eigenvalue weighted by molar-refractivity contribution is -0.119. The van der Waals surface area contributed by atoms with Gasteiger partial charge in [-0.25, -0.2) is 9.97 Å². The van der Waals surface area contributed by atoms with Crippen LogP contribution in [-0.4, -0.2) is 27.5 Å². The van der Waals surface area contributed by atoms with E-state index in [4.69, 9.17) is 0 Å².